The van der Waals surface area contributed by atoms with Crippen molar-refractivity contribution in [1.82, 2.24) is 14.7 Å². The highest BCUT2D eigenvalue weighted by atomic mass is 35.5. The third kappa shape index (κ3) is 3.13. The summed E-state index contributed by atoms with van der Waals surface area (Å²) in [7, 11) is 0. The Hall–Kier alpha value is -2.37. The second-order valence-electron chi connectivity index (χ2n) is 5.27. The lowest BCUT2D eigenvalue weighted by atomic mass is 10.1. The maximum atomic E-state index is 12.4. The molecule has 1 atom stereocenters. The quantitative estimate of drug-likeness (QED) is 0.776. The molecule has 0 spiro atoms. The number of pyridine rings is 1. The number of fused-ring (bicyclic) bond motifs is 1. The molecule has 122 valence electrons. The van der Waals surface area contributed by atoms with E-state index in [4.69, 9.17) is 23.2 Å². The van der Waals surface area contributed by atoms with Gasteiger partial charge in [-0.1, -0.05) is 35.3 Å². The number of carbonyl (C=O) groups excluding carboxylic acids is 1. The van der Waals surface area contributed by atoms with Gasteiger partial charge < -0.3 is 5.32 Å². The monoisotopic (exact) mass is 361 g/mol. The predicted octanol–water partition coefficient (Wildman–Crippen LogP) is 3.49. The number of rotatable bonds is 3. The number of hydrogen-bond acceptors (Lipinski definition) is 3. The van der Waals surface area contributed by atoms with Crippen LogP contribution in [0.3, 0.4) is 0 Å². The van der Waals surface area contributed by atoms with E-state index >= 15 is 0 Å². The molecule has 7 heteroatoms. The third-order valence-corrected chi connectivity index (χ3v) is 4.39. The lowest BCUT2D eigenvalue weighted by molar-refractivity contribution is 0.0938. The van der Waals surface area contributed by atoms with Crippen LogP contribution in [0.2, 0.25) is 10.0 Å². The van der Waals surface area contributed by atoms with Crippen LogP contribution in [0.15, 0.2) is 53.6 Å². The summed E-state index contributed by atoms with van der Waals surface area (Å²) in [5, 5.41) is 3.62. The number of benzene rings is 1. The third-order valence-electron chi connectivity index (χ3n) is 3.65. The van der Waals surface area contributed by atoms with Crippen LogP contribution in [-0.4, -0.2) is 15.3 Å². The zero-order chi connectivity index (χ0) is 17.3. The maximum absolute atomic E-state index is 12.4. The summed E-state index contributed by atoms with van der Waals surface area (Å²) >= 11 is 11.9. The van der Waals surface area contributed by atoms with Crippen molar-refractivity contribution in [2.24, 2.45) is 0 Å². The van der Waals surface area contributed by atoms with E-state index in [2.05, 4.69) is 10.3 Å². The fourth-order valence-electron chi connectivity index (χ4n) is 2.32. The number of hydrogen-bond donors (Lipinski definition) is 1. The average Bonchev–Trinajstić information content (AvgIpc) is 2.57. The Balaban J connectivity index is 1.88. The van der Waals surface area contributed by atoms with Gasteiger partial charge in [-0.2, -0.15) is 0 Å². The van der Waals surface area contributed by atoms with Crippen LogP contribution in [0.1, 0.15) is 28.9 Å². The van der Waals surface area contributed by atoms with E-state index in [9.17, 15) is 9.59 Å². The summed E-state index contributed by atoms with van der Waals surface area (Å²) in [5.41, 5.74) is 0.827. The standard InChI is InChI=1S/C17H13Cl2N3O2/c1-10(11-5-6-13(18)14(19)8-11)21-16(23)12-9-20-15-4-2-3-7-22(15)17(12)24/h2-10H,1H3,(H,21,23). The van der Waals surface area contributed by atoms with E-state index in [1.54, 1.807) is 49.5 Å². The molecule has 0 fully saturated rings. The molecule has 2 heterocycles. The number of amides is 1. The maximum Gasteiger partial charge on any atom is 0.270 e. The van der Waals surface area contributed by atoms with Crippen LogP contribution in [-0.2, 0) is 0 Å². The van der Waals surface area contributed by atoms with Gasteiger partial charge in [-0.25, -0.2) is 4.98 Å². The molecule has 0 aliphatic carbocycles. The fraction of sp³-hybridized carbons (Fsp3) is 0.118. The number of carbonyl (C=O) groups is 1. The molecule has 1 amide bonds. The molecule has 0 saturated heterocycles. The molecular formula is C17H13Cl2N3O2. The van der Waals surface area contributed by atoms with Crippen molar-refractivity contribution in [2.75, 3.05) is 0 Å². The van der Waals surface area contributed by atoms with Crippen LogP contribution in [0.5, 0.6) is 0 Å². The van der Waals surface area contributed by atoms with Crippen molar-refractivity contribution in [3.63, 3.8) is 0 Å². The molecule has 0 bridgehead atoms. The second-order valence-corrected chi connectivity index (χ2v) is 6.09. The van der Waals surface area contributed by atoms with Crippen molar-refractivity contribution < 1.29 is 4.79 Å². The van der Waals surface area contributed by atoms with Gasteiger partial charge in [0.25, 0.3) is 11.5 Å². The summed E-state index contributed by atoms with van der Waals surface area (Å²) in [6.07, 6.45) is 2.86. The fourth-order valence-corrected chi connectivity index (χ4v) is 2.63. The topological polar surface area (TPSA) is 63.5 Å². The van der Waals surface area contributed by atoms with Crippen LogP contribution in [0, 0.1) is 0 Å². The predicted molar refractivity (Wildman–Crippen MR) is 93.8 cm³/mol. The van der Waals surface area contributed by atoms with Gasteiger partial charge in [-0.15, -0.1) is 0 Å². The minimum atomic E-state index is -0.496. The minimum Gasteiger partial charge on any atom is -0.345 e. The lowest BCUT2D eigenvalue weighted by Gasteiger charge is -2.15. The summed E-state index contributed by atoms with van der Waals surface area (Å²) in [6, 6.07) is 9.94. The molecule has 3 aromatic rings. The van der Waals surface area contributed by atoms with E-state index in [-0.39, 0.29) is 11.6 Å². The van der Waals surface area contributed by atoms with Crippen LogP contribution >= 0.6 is 23.2 Å². The summed E-state index contributed by atoms with van der Waals surface area (Å²) in [6.45, 7) is 1.80. The Kier molecular flexibility index (Phi) is 4.55. The van der Waals surface area contributed by atoms with Crippen LogP contribution in [0.4, 0.5) is 0 Å². The zero-order valence-corrected chi connectivity index (χ0v) is 14.2. The first kappa shape index (κ1) is 16.5. The van der Waals surface area contributed by atoms with Gasteiger partial charge in [-0.05, 0) is 36.8 Å². The van der Waals surface area contributed by atoms with E-state index < -0.39 is 11.5 Å². The molecule has 2 aromatic heterocycles. The number of aromatic nitrogens is 2. The molecule has 24 heavy (non-hydrogen) atoms. The van der Waals surface area contributed by atoms with Gasteiger partial charge in [0.1, 0.15) is 11.2 Å². The van der Waals surface area contributed by atoms with Gasteiger partial charge in [0, 0.05) is 12.4 Å². The van der Waals surface area contributed by atoms with Crippen molar-refractivity contribution in [3.8, 4) is 0 Å². The van der Waals surface area contributed by atoms with Gasteiger partial charge in [0.15, 0.2) is 0 Å². The highest BCUT2D eigenvalue weighted by molar-refractivity contribution is 6.42. The average molecular weight is 362 g/mol. The SMILES string of the molecule is CC(NC(=O)c1cnc2ccccn2c1=O)c1ccc(Cl)c(Cl)c1. The molecule has 5 nitrogen and oxygen atoms in total. The molecule has 3 rings (SSSR count). The molecule has 1 N–H and O–H groups in total. The first-order valence-corrected chi connectivity index (χ1v) is 7.95. The molecule has 1 aromatic carbocycles. The van der Waals surface area contributed by atoms with Gasteiger partial charge in [0.05, 0.1) is 16.1 Å². The Morgan fingerprint density at radius 2 is 2.00 bits per heavy atom. The lowest BCUT2D eigenvalue weighted by Crippen LogP contribution is -2.33. The van der Waals surface area contributed by atoms with Crippen molar-refractivity contribution in [2.45, 2.75) is 13.0 Å². The molecule has 0 aliphatic heterocycles. The summed E-state index contributed by atoms with van der Waals surface area (Å²) < 4.78 is 1.33. The van der Waals surface area contributed by atoms with Crippen molar-refractivity contribution in [1.29, 1.82) is 0 Å². The molecular weight excluding hydrogens is 349 g/mol. The second kappa shape index (κ2) is 6.63. The summed E-state index contributed by atoms with van der Waals surface area (Å²) in [4.78, 5) is 29.0. The molecule has 1 unspecified atom stereocenters. The number of nitrogens with zero attached hydrogens (tertiary/aromatic N) is 2. The van der Waals surface area contributed by atoms with Crippen molar-refractivity contribution in [3.05, 3.63) is 80.3 Å². The van der Waals surface area contributed by atoms with E-state index in [0.29, 0.717) is 15.7 Å². The Bertz CT molecular complexity index is 985. The summed E-state index contributed by atoms with van der Waals surface area (Å²) in [5.74, 6) is -0.496. The molecule has 0 saturated carbocycles. The highest BCUT2D eigenvalue weighted by Crippen LogP contribution is 2.25. The largest absolute Gasteiger partial charge is 0.345 e. The molecule has 0 aliphatic rings. The normalized spacial score (nSPS) is 12.1. The van der Waals surface area contributed by atoms with Crippen LogP contribution in [0.25, 0.3) is 5.65 Å². The first-order valence-electron chi connectivity index (χ1n) is 7.19. The number of halogens is 2. The first-order chi connectivity index (χ1) is 11.5. The van der Waals surface area contributed by atoms with Crippen molar-refractivity contribution >= 4 is 34.8 Å². The Morgan fingerprint density at radius 1 is 1.21 bits per heavy atom. The van der Waals surface area contributed by atoms with Gasteiger partial charge >= 0.3 is 0 Å². The Morgan fingerprint density at radius 3 is 2.75 bits per heavy atom. The Labute approximate surface area is 147 Å². The van der Waals surface area contributed by atoms with E-state index in [0.717, 1.165) is 5.56 Å². The smallest absolute Gasteiger partial charge is 0.270 e. The van der Waals surface area contributed by atoms with Crippen LogP contribution < -0.4 is 10.9 Å². The van der Waals surface area contributed by atoms with E-state index in [1.807, 2.05) is 0 Å². The molecule has 0 radical (unpaired) electrons. The van der Waals surface area contributed by atoms with Gasteiger partial charge in [0.2, 0.25) is 0 Å². The van der Waals surface area contributed by atoms with Gasteiger partial charge in [-0.3, -0.25) is 14.0 Å². The minimum absolute atomic E-state index is 0.0226. The highest BCUT2D eigenvalue weighted by Gasteiger charge is 2.16. The van der Waals surface area contributed by atoms with E-state index in [1.165, 1.54) is 10.6 Å². The zero-order valence-electron chi connectivity index (χ0n) is 12.7. The number of nitrogens with one attached hydrogen (secondary N) is 1.